The maximum absolute atomic E-state index is 11.4. The summed E-state index contributed by atoms with van der Waals surface area (Å²) in [5, 5.41) is 28.1. The van der Waals surface area contributed by atoms with E-state index in [0.717, 1.165) is 51.7 Å². The first-order valence-corrected chi connectivity index (χ1v) is 17.5. The SMILES string of the molecule is CC.CCc1cc(-c2ccc(C(=O)O)cc2)ccc1B(c1ccc(-c2ccc(C(=O)O)cc2)cc1)c1ccc(-c2ccc(C(=O)O)cc2)cc1CC. The third-order valence-electron chi connectivity index (χ3n) is 9.31. The predicted octanol–water partition coefficient (Wildman–Crippen LogP) is 8.45. The predicted molar refractivity (Wildman–Crippen MR) is 211 cm³/mol. The molecule has 0 saturated heterocycles. The maximum Gasteiger partial charge on any atom is 0.335 e. The van der Waals surface area contributed by atoms with E-state index in [9.17, 15) is 29.7 Å². The quantitative estimate of drug-likeness (QED) is 0.118. The summed E-state index contributed by atoms with van der Waals surface area (Å²) >= 11 is 0. The Morgan fingerprint density at radius 2 is 0.692 bits per heavy atom. The Morgan fingerprint density at radius 1 is 0.423 bits per heavy atom. The lowest BCUT2D eigenvalue weighted by molar-refractivity contribution is 0.0686. The lowest BCUT2D eigenvalue weighted by Gasteiger charge is -2.23. The summed E-state index contributed by atoms with van der Waals surface area (Å²) in [6.07, 6.45) is 1.58. The molecule has 0 radical (unpaired) electrons. The molecule has 0 bridgehead atoms. The second-order valence-corrected chi connectivity index (χ2v) is 12.2. The summed E-state index contributed by atoms with van der Waals surface area (Å²) in [7, 11) is 0. The molecule has 0 heterocycles. The molecule has 0 aliphatic carbocycles. The number of hydrogen-bond donors (Lipinski definition) is 3. The zero-order chi connectivity index (χ0) is 37.4. The van der Waals surface area contributed by atoms with Gasteiger partial charge in [-0.2, -0.15) is 0 Å². The highest BCUT2D eigenvalue weighted by molar-refractivity contribution is 6.96. The number of benzene rings is 6. The fourth-order valence-electron chi connectivity index (χ4n) is 6.56. The van der Waals surface area contributed by atoms with Crippen LogP contribution in [0.15, 0.2) is 133 Å². The lowest BCUT2D eigenvalue weighted by Crippen LogP contribution is -2.54. The number of carboxylic acids is 3. The minimum atomic E-state index is -0.959. The molecule has 0 saturated carbocycles. The maximum atomic E-state index is 11.4. The number of hydrogen-bond acceptors (Lipinski definition) is 3. The van der Waals surface area contributed by atoms with Crippen molar-refractivity contribution >= 4 is 41.0 Å². The van der Waals surface area contributed by atoms with Gasteiger partial charge in [0.15, 0.2) is 0 Å². The lowest BCUT2D eigenvalue weighted by atomic mass is 9.35. The first-order chi connectivity index (χ1) is 25.2. The Hall–Kier alpha value is -6.21. The highest BCUT2D eigenvalue weighted by Crippen LogP contribution is 2.25. The van der Waals surface area contributed by atoms with E-state index in [1.165, 1.54) is 22.1 Å². The molecule has 0 spiro atoms. The highest BCUT2D eigenvalue weighted by atomic mass is 16.4. The Kier molecular flexibility index (Phi) is 11.9. The Bertz CT molecular complexity index is 2080. The van der Waals surface area contributed by atoms with Crippen molar-refractivity contribution in [3.8, 4) is 33.4 Å². The van der Waals surface area contributed by atoms with Gasteiger partial charge in [0.25, 0.3) is 0 Å². The Balaban J connectivity index is 0.00000257. The largest absolute Gasteiger partial charge is 0.478 e. The van der Waals surface area contributed by atoms with Gasteiger partial charge in [0.1, 0.15) is 0 Å². The smallest absolute Gasteiger partial charge is 0.335 e. The average molecular weight is 689 g/mol. The summed E-state index contributed by atoms with van der Waals surface area (Å²) in [6.45, 7) is 8.18. The van der Waals surface area contributed by atoms with Gasteiger partial charge in [0.05, 0.1) is 16.7 Å². The van der Waals surface area contributed by atoms with Crippen LogP contribution in [0.4, 0.5) is 0 Å². The van der Waals surface area contributed by atoms with E-state index in [-0.39, 0.29) is 23.4 Å². The number of carboxylic acid groups (broad SMARTS) is 3. The number of aromatic carboxylic acids is 3. The van der Waals surface area contributed by atoms with Crippen molar-refractivity contribution in [2.45, 2.75) is 40.5 Å². The van der Waals surface area contributed by atoms with Crippen LogP contribution in [0.3, 0.4) is 0 Å². The van der Waals surface area contributed by atoms with Gasteiger partial charge in [-0.05, 0) is 82.6 Å². The molecule has 0 atom stereocenters. The van der Waals surface area contributed by atoms with E-state index < -0.39 is 17.9 Å². The molecule has 52 heavy (non-hydrogen) atoms. The van der Waals surface area contributed by atoms with Crippen LogP contribution in [0.1, 0.15) is 69.9 Å². The summed E-state index contributed by atoms with van der Waals surface area (Å²) in [6, 6.07) is 42.1. The Morgan fingerprint density at radius 3 is 0.981 bits per heavy atom. The van der Waals surface area contributed by atoms with Crippen LogP contribution in [0, 0.1) is 0 Å². The van der Waals surface area contributed by atoms with Crippen LogP contribution in [-0.4, -0.2) is 39.9 Å². The van der Waals surface area contributed by atoms with Gasteiger partial charge in [-0.1, -0.05) is 152 Å². The van der Waals surface area contributed by atoms with E-state index in [4.69, 9.17) is 0 Å². The molecule has 6 nitrogen and oxygen atoms in total. The second kappa shape index (κ2) is 16.7. The molecule has 6 rings (SSSR count). The zero-order valence-electron chi connectivity index (χ0n) is 29.8. The molecule has 0 aliphatic rings. The van der Waals surface area contributed by atoms with E-state index in [2.05, 4.69) is 74.5 Å². The minimum absolute atomic E-state index is 0.102. The third-order valence-corrected chi connectivity index (χ3v) is 9.31. The zero-order valence-corrected chi connectivity index (χ0v) is 29.8. The summed E-state index contributed by atoms with van der Waals surface area (Å²) in [5.41, 5.74) is 12.4. The van der Waals surface area contributed by atoms with Crippen LogP contribution in [0.5, 0.6) is 0 Å². The van der Waals surface area contributed by atoms with E-state index in [0.29, 0.717) is 0 Å². The van der Waals surface area contributed by atoms with Crippen LogP contribution >= 0.6 is 0 Å². The molecule has 0 amide bonds. The first-order valence-electron chi connectivity index (χ1n) is 17.5. The molecule has 6 aromatic rings. The Labute approximate surface area is 305 Å². The van der Waals surface area contributed by atoms with Crippen molar-refractivity contribution < 1.29 is 29.7 Å². The molecular formula is C45H41BO6. The van der Waals surface area contributed by atoms with Gasteiger partial charge in [0, 0.05) is 0 Å². The van der Waals surface area contributed by atoms with Gasteiger partial charge in [-0.25, -0.2) is 14.4 Å². The van der Waals surface area contributed by atoms with Crippen molar-refractivity contribution in [1.82, 2.24) is 0 Å². The standard InChI is InChI=1S/C43H35BO6.C2H6/c1-3-27-25-36(31-7-13-34(14-8-31)42(47)48)19-23-39(27)44(38-21-17-30(18-22-38)29-5-11-33(12-6-29)41(45)46)40-24-20-37(26-28(40)4-2)32-9-15-35(16-10-32)43(49)50;1-2/h5-26H,3-4H2,1-2H3,(H,45,46)(H,47,48)(H,49,50);1-2H3. The van der Waals surface area contributed by atoms with Crippen molar-refractivity contribution in [2.75, 3.05) is 0 Å². The molecule has 7 heteroatoms. The number of aryl methyl sites for hydroxylation is 2. The molecule has 260 valence electrons. The fourth-order valence-corrected chi connectivity index (χ4v) is 6.56. The summed E-state index contributed by atoms with van der Waals surface area (Å²) in [5.74, 6) is -2.87. The van der Waals surface area contributed by atoms with Gasteiger partial charge in [-0.15, -0.1) is 0 Å². The van der Waals surface area contributed by atoms with E-state index in [1.54, 1.807) is 36.4 Å². The third kappa shape index (κ3) is 8.05. The van der Waals surface area contributed by atoms with Crippen LogP contribution < -0.4 is 16.4 Å². The van der Waals surface area contributed by atoms with Crippen LogP contribution in [0.2, 0.25) is 0 Å². The van der Waals surface area contributed by atoms with Crippen LogP contribution in [-0.2, 0) is 12.8 Å². The number of carbonyl (C=O) groups is 3. The van der Waals surface area contributed by atoms with Gasteiger partial charge in [-0.3, -0.25) is 0 Å². The second-order valence-electron chi connectivity index (χ2n) is 12.2. The first kappa shape index (κ1) is 37.1. The highest BCUT2D eigenvalue weighted by Gasteiger charge is 2.27. The molecular weight excluding hydrogens is 647 g/mol. The van der Waals surface area contributed by atoms with Crippen molar-refractivity contribution in [2.24, 2.45) is 0 Å². The van der Waals surface area contributed by atoms with Crippen molar-refractivity contribution in [1.29, 1.82) is 0 Å². The average Bonchev–Trinajstić information content (AvgIpc) is 3.19. The van der Waals surface area contributed by atoms with Crippen molar-refractivity contribution in [3.63, 3.8) is 0 Å². The van der Waals surface area contributed by atoms with Gasteiger partial charge < -0.3 is 15.3 Å². The summed E-state index contributed by atoms with van der Waals surface area (Å²) < 4.78 is 0. The summed E-state index contributed by atoms with van der Waals surface area (Å²) in [4.78, 5) is 34.2. The van der Waals surface area contributed by atoms with E-state index in [1.807, 2.05) is 50.2 Å². The molecule has 0 unspecified atom stereocenters. The fraction of sp³-hybridized carbons (Fsp3) is 0.133. The minimum Gasteiger partial charge on any atom is -0.478 e. The monoisotopic (exact) mass is 688 g/mol. The van der Waals surface area contributed by atoms with Gasteiger partial charge >= 0.3 is 17.9 Å². The topological polar surface area (TPSA) is 112 Å². The molecule has 0 fully saturated rings. The normalized spacial score (nSPS) is 10.5. The van der Waals surface area contributed by atoms with Crippen LogP contribution in [0.25, 0.3) is 33.4 Å². The molecule has 3 N–H and O–H groups in total. The van der Waals surface area contributed by atoms with E-state index >= 15 is 0 Å². The molecule has 0 aromatic heterocycles. The number of rotatable bonds is 11. The van der Waals surface area contributed by atoms with Gasteiger partial charge in [0.2, 0.25) is 6.71 Å². The molecule has 6 aromatic carbocycles. The molecule has 0 aliphatic heterocycles. The van der Waals surface area contributed by atoms with Crippen molar-refractivity contribution in [3.05, 3.63) is 161 Å².